The van der Waals surface area contributed by atoms with Crippen LogP contribution in [0.5, 0.6) is 0 Å². The molecule has 0 fully saturated rings. The van der Waals surface area contributed by atoms with Gasteiger partial charge in [0.05, 0.1) is 12.2 Å². The lowest BCUT2D eigenvalue weighted by atomic mass is 9.91. The number of carbonyl (C=O) groups is 3. The van der Waals surface area contributed by atoms with E-state index in [1.165, 1.54) is 0 Å². The van der Waals surface area contributed by atoms with Gasteiger partial charge in [0.1, 0.15) is 0 Å². The Morgan fingerprint density at radius 1 is 1.28 bits per heavy atom. The predicted molar refractivity (Wildman–Crippen MR) is 114 cm³/mol. The Morgan fingerprint density at radius 2 is 2.10 bits per heavy atom. The molecule has 2 aliphatic rings. The maximum Gasteiger partial charge on any atom is 0.306 e. The van der Waals surface area contributed by atoms with Crippen LogP contribution in [0.3, 0.4) is 0 Å². The molecule has 1 aromatic carbocycles. The van der Waals surface area contributed by atoms with Crippen molar-refractivity contribution in [3.63, 3.8) is 0 Å². The van der Waals surface area contributed by atoms with E-state index in [1.807, 2.05) is 18.2 Å². The van der Waals surface area contributed by atoms with E-state index in [0.717, 1.165) is 39.8 Å². The van der Waals surface area contributed by atoms with E-state index in [0.29, 0.717) is 36.3 Å². The summed E-state index contributed by atoms with van der Waals surface area (Å²) in [5.41, 5.74) is 5.17. The number of amides is 1. The summed E-state index contributed by atoms with van der Waals surface area (Å²) >= 11 is 3.45. The summed E-state index contributed by atoms with van der Waals surface area (Å²) in [5.74, 6) is -0.393. The molecule has 29 heavy (non-hydrogen) atoms. The maximum absolute atomic E-state index is 12.6. The molecule has 1 aliphatic heterocycles. The molecule has 1 aromatic heterocycles. The van der Waals surface area contributed by atoms with E-state index < -0.39 is 0 Å². The molecule has 2 aromatic rings. The quantitative estimate of drug-likeness (QED) is 0.518. The number of H-pyrrole nitrogens is 1. The number of carbonyl (C=O) groups excluding carboxylic acids is 3. The maximum atomic E-state index is 12.6. The van der Waals surface area contributed by atoms with Crippen LogP contribution in [-0.4, -0.2) is 29.3 Å². The number of esters is 1. The number of anilines is 1. The first-order valence-electron chi connectivity index (χ1n) is 9.73. The van der Waals surface area contributed by atoms with Crippen LogP contribution in [0.25, 0.3) is 11.6 Å². The molecule has 1 aliphatic carbocycles. The molecule has 0 unspecified atom stereocenters. The minimum atomic E-state index is -0.294. The standard InChI is InChI=1S/C22H21BrN2O4/c1-2-29-20(27)9-7-13-18(24-17-4-3-5-19(26)21(13)17)11-15-14-10-12(23)6-8-16(14)25-22(15)28/h6,8,10-11,24H,2-5,7,9H2,1H3,(H,25,28). The fourth-order valence-corrected chi connectivity index (χ4v) is 4.34. The lowest BCUT2D eigenvalue weighted by Gasteiger charge is -2.11. The van der Waals surface area contributed by atoms with Crippen LogP contribution >= 0.6 is 15.9 Å². The number of ketones is 1. The van der Waals surface area contributed by atoms with Gasteiger partial charge in [-0.2, -0.15) is 0 Å². The number of ether oxygens (including phenoxy) is 1. The van der Waals surface area contributed by atoms with Crippen LogP contribution in [0.4, 0.5) is 5.69 Å². The molecule has 0 spiro atoms. The van der Waals surface area contributed by atoms with Gasteiger partial charge in [-0.05, 0) is 56.0 Å². The van der Waals surface area contributed by atoms with Crippen molar-refractivity contribution in [2.45, 2.75) is 39.0 Å². The largest absolute Gasteiger partial charge is 0.466 e. The Hall–Kier alpha value is -2.67. The minimum absolute atomic E-state index is 0.0880. The lowest BCUT2D eigenvalue weighted by molar-refractivity contribution is -0.143. The third-order valence-electron chi connectivity index (χ3n) is 5.26. The Morgan fingerprint density at radius 3 is 2.90 bits per heavy atom. The van der Waals surface area contributed by atoms with Crippen LogP contribution < -0.4 is 5.32 Å². The Kier molecular flexibility index (Phi) is 5.41. The van der Waals surface area contributed by atoms with E-state index >= 15 is 0 Å². The van der Waals surface area contributed by atoms with Crippen molar-refractivity contribution in [1.82, 2.24) is 4.98 Å². The first-order valence-corrected chi connectivity index (χ1v) is 10.5. The van der Waals surface area contributed by atoms with Crippen molar-refractivity contribution in [2.75, 3.05) is 11.9 Å². The highest BCUT2D eigenvalue weighted by atomic mass is 79.9. The van der Waals surface area contributed by atoms with Gasteiger partial charge in [-0.3, -0.25) is 14.4 Å². The molecule has 7 heteroatoms. The van der Waals surface area contributed by atoms with Crippen molar-refractivity contribution in [1.29, 1.82) is 0 Å². The zero-order chi connectivity index (χ0) is 20.5. The second-order valence-corrected chi connectivity index (χ2v) is 8.07. The monoisotopic (exact) mass is 456 g/mol. The van der Waals surface area contributed by atoms with E-state index in [9.17, 15) is 14.4 Å². The average molecular weight is 457 g/mol. The number of hydrogen-bond donors (Lipinski definition) is 2. The summed E-state index contributed by atoms with van der Waals surface area (Å²) in [6.45, 7) is 2.09. The normalized spacial score (nSPS) is 16.6. The Balaban J connectivity index is 1.77. The lowest BCUT2D eigenvalue weighted by Crippen LogP contribution is -2.12. The van der Waals surface area contributed by atoms with Gasteiger partial charge in [0.15, 0.2) is 5.78 Å². The first-order chi connectivity index (χ1) is 14.0. The highest BCUT2D eigenvalue weighted by Crippen LogP contribution is 2.37. The third-order valence-corrected chi connectivity index (χ3v) is 5.75. The zero-order valence-electron chi connectivity index (χ0n) is 16.1. The molecule has 0 bridgehead atoms. The number of hydrogen-bond acceptors (Lipinski definition) is 4. The highest BCUT2D eigenvalue weighted by Gasteiger charge is 2.28. The van der Waals surface area contributed by atoms with Gasteiger partial charge in [0, 0.05) is 45.5 Å². The van der Waals surface area contributed by atoms with E-state index in [-0.39, 0.29) is 24.1 Å². The highest BCUT2D eigenvalue weighted by molar-refractivity contribution is 9.10. The van der Waals surface area contributed by atoms with Gasteiger partial charge >= 0.3 is 5.97 Å². The fraction of sp³-hybridized carbons (Fsp3) is 0.318. The van der Waals surface area contributed by atoms with Gasteiger partial charge in [-0.1, -0.05) is 15.9 Å². The van der Waals surface area contributed by atoms with Crippen LogP contribution in [0.2, 0.25) is 0 Å². The molecular weight excluding hydrogens is 436 g/mol. The second-order valence-electron chi connectivity index (χ2n) is 7.15. The minimum Gasteiger partial charge on any atom is -0.466 e. The molecule has 0 saturated carbocycles. The van der Waals surface area contributed by atoms with E-state index in [2.05, 4.69) is 26.2 Å². The number of rotatable bonds is 5. The number of Topliss-reactive ketones (excluding diaryl/α,β-unsaturated/α-hetero) is 1. The van der Waals surface area contributed by atoms with Crippen molar-refractivity contribution in [3.05, 3.63) is 50.8 Å². The van der Waals surface area contributed by atoms with Crippen LogP contribution in [0.1, 0.15) is 59.1 Å². The molecule has 6 nitrogen and oxygen atoms in total. The summed E-state index contributed by atoms with van der Waals surface area (Å²) in [5, 5.41) is 2.87. The topological polar surface area (TPSA) is 88.3 Å². The van der Waals surface area contributed by atoms with E-state index in [4.69, 9.17) is 4.74 Å². The number of halogens is 1. The summed E-state index contributed by atoms with van der Waals surface area (Å²) in [6, 6.07) is 5.62. The molecule has 1 amide bonds. The van der Waals surface area contributed by atoms with E-state index in [1.54, 1.807) is 13.0 Å². The molecule has 2 N–H and O–H groups in total. The summed E-state index contributed by atoms with van der Waals surface area (Å²) in [6.07, 6.45) is 4.46. The molecule has 0 atom stereocenters. The summed E-state index contributed by atoms with van der Waals surface area (Å²) in [4.78, 5) is 40.4. The van der Waals surface area contributed by atoms with Gasteiger partial charge in [-0.25, -0.2) is 0 Å². The fourth-order valence-electron chi connectivity index (χ4n) is 3.98. The summed E-state index contributed by atoms with van der Waals surface area (Å²) in [7, 11) is 0. The number of aromatic nitrogens is 1. The molecule has 2 heterocycles. The SMILES string of the molecule is CCOC(=O)CCc1c(C=C2C(=O)Nc3ccc(Br)cc32)[nH]c2c1C(=O)CCC2. The smallest absolute Gasteiger partial charge is 0.306 e. The summed E-state index contributed by atoms with van der Waals surface area (Å²) < 4.78 is 5.92. The Bertz CT molecular complexity index is 1050. The van der Waals surface area contributed by atoms with Crippen LogP contribution in [-0.2, 0) is 27.2 Å². The van der Waals surface area contributed by atoms with Crippen LogP contribution in [0.15, 0.2) is 22.7 Å². The zero-order valence-corrected chi connectivity index (χ0v) is 17.6. The number of fused-ring (bicyclic) bond motifs is 2. The number of benzene rings is 1. The molecular formula is C22H21BrN2O4. The van der Waals surface area contributed by atoms with Crippen molar-refractivity contribution in [3.8, 4) is 0 Å². The molecule has 150 valence electrons. The van der Waals surface area contributed by atoms with Crippen molar-refractivity contribution < 1.29 is 19.1 Å². The Labute approximate surface area is 176 Å². The van der Waals surface area contributed by atoms with Crippen LogP contribution in [0, 0.1) is 0 Å². The van der Waals surface area contributed by atoms with Crippen molar-refractivity contribution >= 4 is 50.9 Å². The van der Waals surface area contributed by atoms with Gasteiger partial charge in [0.2, 0.25) is 0 Å². The molecule has 4 rings (SSSR count). The number of aromatic amines is 1. The average Bonchev–Trinajstić information content (AvgIpc) is 3.19. The number of aryl methyl sites for hydroxylation is 1. The van der Waals surface area contributed by atoms with Gasteiger partial charge < -0.3 is 15.0 Å². The second kappa shape index (κ2) is 7.99. The van der Waals surface area contributed by atoms with Gasteiger partial charge in [0.25, 0.3) is 5.91 Å². The van der Waals surface area contributed by atoms with Gasteiger partial charge in [-0.15, -0.1) is 0 Å². The first kappa shape index (κ1) is 19.6. The van der Waals surface area contributed by atoms with Crippen molar-refractivity contribution in [2.24, 2.45) is 0 Å². The number of nitrogens with one attached hydrogen (secondary N) is 2. The predicted octanol–water partition coefficient (Wildman–Crippen LogP) is 4.28. The molecule has 0 saturated heterocycles. The third kappa shape index (κ3) is 3.79. The molecule has 0 radical (unpaired) electrons.